The minimum atomic E-state index is -4.62. The van der Waals surface area contributed by atoms with Gasteiger partial charge in [-0.25, -0.2) is 14.2 Å². The van der Waals surface area contributed by atoms with E-state index in [1.54, 1.807) is 0 Å². The van der Waals surface area contributed by atoms with Crippen LogP contribution in [-0.4, -0.2) is 20.7 Å². The molecule has 0 spiro atoms. The van der Waals surface area contributed by atoms with Gasteiger partial charge in [0, 0.05) is 16.2 Å². The smallest absolute Gasteiger partial charge is 0.440 e. The first-order chi connectivity index (χ1) is 13.1. The van der Waals surface area contributed by atoms with E-state index in [9.17, 15) is 22.8 Å². The number of alkyl halides is 3. The van der Waals surface area contributed by atoms with E-state index in [4.69, 9.17) is 27.9 Å². The van der Waals surface area contributed by atoms with Gasteiger partial charge < -0.3 is 4.74 Å². The normalized spacial score (nSPS) is 11.5. The van der Waals surface area contributed by atoms with Crippen molar-refractivity contribution in [2.24, 2.45) is 0 Å². The molecular formula is C16H8Cl2F3N3O4. The lowest BCUT2D eigenvalue weighted by molar-refractivity contribution is -0.137. The molecule has 0 aliphatic carbocycles. The maximum absolute atomic E-state index is 12.9. The maximum atomic E-state index is 12.9. The van der Waals surface area contributed by atoms with E-state index >= 15 is 0 Å². The summed E-state index contributed by atoms with van der Waals surface area (Å²) in [6, 6.07) is 5.44. The third-order valence-electron chi connectivity index (χ3n) is 3.43. The number of ether oxygens (including phenoxy) is 1. The van der Waals surface area contributed by atoms with Gasteiger partial charge in [0.1, 0.15) is 5.69 Å². The molecule has 28 heavy (non-hydrogen) atoms. The number of hydrogen-bond acceptors (Lipinski definition) is 6. The first-order valence-corrected chi connectivity index (χ1v) is 8.14. The molecule has 12 heteroatoms. The Hall–Kier alpha value is -2.85. The van der Waals surface area contributed by atoms with Crippen molar-refractivity contribution in [1.29, 1.82) is 0 Å². The molecule has 2 aromatic heterocycles. The van der Waals surface area contributed by atoms with Crippen LogP contribution in [0.3, 0.4) is 0 Å². The molecule has 2 heterocycles. The van der Waals surface area contributed by atoms with Gasteiger partial charge in [0.25, 0.3) is 0 Å². The zero-order chi connectivity index (χ0) is 20.5. The molecule has 0 aliphatic rings. The lowest BCUT2D eigenvalue weighted by Crippen LogP contribution is -2.20. The van der Waals surface area contributed by atoms with Gasteiger partial charge in [-0.05, 0) is 30.3 Å². The molecule has 0 unspecified atom stereocenters. The van der Waals surface area contributed by atoms with Crippen LogP contribution in [0.25, 0.3) is 11.5 Å². The van der Waals surface area contributed by atoms with Gasteiger partial charge in [-0.15, -0.1) is 0 Å². The molecule has 0 saturated heterocycles. The summed E-state index contributed by atoms with van der Waals surface area (Å²) in [6.07, 6.45) is -3.72. The predicted octanol–water partition coefficient (Wildman–Crippen LogP) is 4.04. The highest BCUT2D eigenvalue weighted by Crippen LogP contribution is 2.30. The van der Waals surface area contributed by atoms with E-state index in [0.717, 1.165) is 12.3 Å². The molecule has 0 fully saturated rings. The summed E-state index contributed by atoms with van der Waals surface area (Å²) in [5.74, 6) is -2.26. The fraction of sp³-hybridized carbons (Fsp3) is 0.125. The fourth-order valence-corrected chi connectivity index (χ4v) is 2.70. The van der Waals surface area contributed by atoms with Crippen LogP contribution in [0.2, 0.25) is 10.0 Å². The number of nitrogens with zero attached hydrogens (tertiary/aromatic N) is 3. The minimum Gasteiger partial charge on any atom is -0.440 e. The van der Waals surface area contributed by atoms with E-state index in [1.165, 1.54) is 18.2 Å². The van der Waals surface area contributed by atoms with Gasteiger partial charge in [-0.3, -0.25) is 9.51 Å². The van der Waals surface area contributed by atoms with Gasteiger partial charge in [0.05, 0.1) is 11.1 Å². The molecule has 0 bridgehead atoms. The van der Waals surface area contributed by atoms with Crippen molar-refractivity contribution in [2.45, 2.75) is 12.9 Å². The van der Waals surface area contributed by atoms with Gasteiger partial charge in [-0.2, -0.15) is 13.2 Å². The molecule has 0 radical (unpaired) electrons. The van der Waals surface area contributed by atoms with Crippen LogP contribution in [0, 0.1) is 0 Å². The Morgan fingerprint density at radius 2 is 1.86 bits per heavy atom. The molecule has 3 rings (SSSR count). The quantitative estimate of drug-likeness (QED) is 0.577. The van der Waals surface area contributed by atoms with Crippen LogP contribution in [0.4, 0.5) is 13.2 Å². The average molecular weight is 434 g/mol. The van der Waals surface area contributed by atoms with Crippen molar-refractivity contribution < 1.29 is 27.2 Å². The van der Waals surface area contributed by atoms with Crippen molar-refractivity contribution in [3.8, 4) is 11.5 Å². The number of halogens is 5. The SMILES string of the molecule is O=C(OCn1c(-c2cc(C(F)(F)F)ccn2)noc1=O)c1cc(Cl)cc(Cl)c1. The second-order valence-electron chi connectivity index (χ2n) is 5.35. The topological polar surface area (TPSA) is 87.2 Å². The molecule has 0 aliphatic heterocycles. The van der Waals surface area contributed by atoms with Crippen LogP contribution >= 0.6 is 23.2 Å². The summed E-state index contributed by atoms with van der Waals surface area (Å²) in [4.78, 5) is 27.7. The number of esters is 1. The molecule has 1 aromatic carbocycles. The van der Waals surface area contributed by atoms with Gasteiger partial charge >= 0.3 is 17.9 Å². The van der Waals surface area contributed by atoms with Crippen molar-refractivity contribution in [2.75, 3.05) is 0 Å². The Morgan fingerprint density at radius 3 is 2.50 bits per heavy atom. The Labute approximate surface area is 164 Å². The number of carbonyl (C=O) groups is 1. The van der Waals surface area contributed by atoms with Crippen molar-refractivity contribution in [1.82, 2.24) is 14.7 Å². The van der Waals surface area contributed by atoms with Gasteiger partial charge in [-0.1, -0.05) is 28.4 Å². The van der Waals surface area contributed by atoms with Gasteiger partial charge in [0.2, 0.25) is 5.82 Å². The van der Waals surface area contributed by atoms with Gasteiger partial charge in [0.15, 0.2) is 6.73 Å². The summed E-state index contributed by atoms with van der Waals surface area (Å²) in [5.41, 5.74) is -1.27. The Balaban J connectivity index is 1.86. The third kappa shape index (κ3) is 4.34. The molecule has 0 atom stereocenters. The van der Waals surface area contributed by atoms with E-state index in [1.807, 2.05) is 0 Å². The molecular weight excluding hydrogens is 426 g/mol. The van der Waals surface area contributed by atoms with E-state index in [0.29, 0.717) is 10.6 Å². The number of hydrogen-bond donors (Lipinski definition) is 0. The number of carbonyl (C=O) groups excluding carboxylic acids is 1. The fourth-order valence-electron chi connectivity index (χ4n) is 2.17. The number of pyridine rings is 1. The van der Waals surface area contributed by atoms with Crippen LogP contribution < -0.4 is 5.76 Å². The van der Waals surface area contributed by atoms with E-state index in [-0.39, 0.29) is 27.1 Å². The highest BCUT2D eigenvalue weighted by atomic mass is 35.5. The second-order valence-corrected chi connectivity index (χ2v) is 6.22. The molecule has 3 aromatic rings. The van der Waals surface area contributed by atoms with Crippen molar-refractivity contribution >= 4 is 29.2 Å². The van der Waals surface area contributed by atoms with Crippen LogP contribution in [0.15, 0.2) is 45.8 Å². The molecule has 0 N–H and O–H groups in total. The Morgan fingerprint density at radius 1 is 1.18 bits per heavy atom. The lowest BCUT2D eigenvalue weighted by atomic mass is 10.2. The molecule has 0 saturated carbocycles. The summed E-state index contributed by atoms with van der Waals surface area (Å²) in [7, 11) is 0. The van der Waals surface area contributed by atoms with E-state index in [2.05, 4.69) is 14.7 Å². The first kappa shape index (κ1) is 19.9. The minimum absolute atomic E-state index is 0.0146. The average Bonchev–Trinajstić information content (AvgIpc) is 2.99. The van der Waals surface area contributed by atoms with Crippen LogP contribution in [-0.2, 0) is 17.6 Å². The van der Waals surface area contributed by atoms with Crippen LogP contribution in [0.5, 0.6) is 0 Å². The molecule has 0 amide bonds. The summed E-state index contributed by atoms with van der Waals surface area (Å²) < 4.78 is 48.7. The number of aromatic nitrogens is 3. The largest absolute Gasteiger partial charge is 0.444 e. The summed E-state index contributed by atoms with van der Waals surface area (Å²) in [6.45, 7) is -0.682. The zero-order valence-corrected chi connectivity index (χ0v) is 15.0. The standard InChI is InChI=1S/C16H8Cl2F3N3O4/c17-10-3-8(4-11(18)6-10)14(25)27-7-24-13(23-28-15(24)26)12-5-9(1-2-22-12)16(19,20)21/h1-6H,7H2. The Kier molecular flexibility index (Phi) is 5.43. The lowest BCUT2D eigenvalue weighted by Gasteiger charge is -2.09. The Bertz CT molecular complexity index is 1070. The number of rotatable bonds is 4. The molecule has 146 valence electrons. The van der Waals surface area contributed by atoms with Crippen molar-refractivity contribution in [3.05, 3.63) is 68.3 Å². The monoisotopic (exact) mass is 433 g/mol. The van der Waals surface area contributed by atoms with Crippen molar-refractivity contribution in [3.63, 3.8) is 0 Å². The number of benzene rings is 1. The van der Waals surface area contributed by atoms with Crippen LogP contribution in [0.1, 0.15) is 15.9 Å². The summed E-state index contributed by atoms with van der Waals surface area (Å²) >= 11 is 11.6. The second kappa shape index (κ2) is 7.64. The molecule has 7 nitrogen and oxygen atoms in total. The maximum Gasteiger partial charge on any atom is 0.444 e. The highest BCUT2D eigenvalue weighted by Gasteiger charge is 2.31. The first-order valence-electron chi connectivity index (χ1n) is 7.38. The predicted molar refractivity (Wildman–Crippen MR) is 90.9 cm³/mol. The third-order valence-corrected chi connectivity index (χ3v) is 3.86. The summed E-state index contributed by atoms with van der Waals surface area (Å²) in [5, 5.41) is 3.78. The zero-order valence-electron chi connectivity index (χ0n) is 13.5. The van der Waals surface area contributed by atoms with E-state index < -0.39 is 30.2 Å². The highest BCUT2D eigenvalue weighted by molar-refractivity contribution is 6.35.